The summed E-state index contributed by atoms with van der Waals surface area (Å²) in [5.74, 6) is -1.82. The van der Waals surface area contributed by atoms with E-state index in [0.29, 0.717) is 6.42 Å². The topological polar surface area (TPSA) is 20.3 Å². The summed E-state index contributed by atoms with van der Waals surface area (Å²) >= 11 is 2.12. The predicted octanol–water partition coefficient (Wildman–Crippen LogP) is 3.41. The molecule has 1 aromatic rings. The second-order valence-corrected chi connectivity index (χ2v) is 5.04. The average molecular weight is 383 g/mol. The first-order chi connectivity index (χ1) is 8.86. The van der Waals surface area contributed by atoms with E-state index < -0.39 is 12.1 Å². The minimum atomic E-state index is -4.84. The van der Waals surface area contributed by atoms with Crippen molar-refractivity contribution in [3.63, 3.8) is 0 Å². The highest BCUT2D eigenvalue weighted by molar-refractivity contribution is 14.1. The van der Waals surface area contributed by atoms with Crippen molar-refractivity contribution in [2.75, 3.05) is 13.1 Å². The van der Waals surface area contributed by atoms with Gasteiger partial charge in [0.2, 0.25) is 0 Å². The summed E-state index contributed by atoms with van der Waals surface area (Å²) in [5.41, 5.74) is 0.923. The van der Waals surface area contributed by atoms with E-state index in [1.54, 1.807) is 0 Å². The largest absolute Gasteiger partial charge is 0.471 e. The molecule has 0 unspecified atom stereocenters. The van der Waals surface area contributed by atoms with Gasteiger partial charge in [0.15, 0.2) is 0 Å². The number of rotatable bonds is 5. The summed E-state index contributed by atoms with van der Waals surface area (Å²) in [6, 6.07) is 7.39. The Bertz CT molecular complexity index is 459. The molecule has 0 radical (unpaired) electrons. The standard InChI is InChI=1S/C13H13F3INO/c1-2-8-18(12(19)13(14,15)16)9-7-10-5-3-4-6-11(10)17/h2-6H,1,7-9H2. The molecule has 0 N–H and O–H groups in total. The summed E-state index contributed by atoms with van der Waals surface area (Å²) in [6.07, 6.45) is -3.17. The van der Waals surface area contributed by atoms with E-state index in [2.05, 4.69) is 29.2 Å². The van der Waals surface area contributed by atoms with Crippen molar-refractivity contribution in [3.8, 4) is 0 Å². The molecule has 0 fully saturated rings. The minimum Gasteiger partial charge on any atom is -0.331 e. The SMILES string of the molecule is C=CCN(CCc1ccccc1I)C(=O)C(F)(F)F. The molecule has 0 heterocycles. The Morgan fingerprint density at radius 2 is 2.00 bits per heavy atom. The number of benzene rings is 1. The molecule has 1 amide bonds. The van der Waals surface area contributed by atoms with Gasteiger partial charge in [-0.1, -0.05) is 24.3 Å². The van der Waals surface area contributed by atoms with E-state index in [9.17, 15) is 18.0 Å². The number of carbonyl (C=O) groups is 1. The highest BCUT2D eigenvalue weighted by atomic mass is 127. The average Bonchev–Trinajstić information content (AvgIpc) is 2.34. The summed E-state index contributed by atoms with van der Waals surface area (Å²) in [4.78, 5) is 12.0. The Balaban J connectivity index is 2.73. The van der Waals surface area contributed by atoms with E-state index in [0.717, 1.165) is 14.0 Å². The fourth-order valence-corrected chi connectivity index (χ4v) is 2.22. The van der Waals surface area contributed by atoms with Gasteiger partial charge >= 0.3 is 12.1 Å². The zero-order chi connectivity index (χ0) is 14.5. The number of carbonyl (C=O) groups excluding carboxylic acids is 1. The van der Waals surface area contributed by atoms with E-state index in [1.165, 1.54) is 6.08 Å². The third kappa shape index (κ3) is 4.85. The molecule has 0 aliphatic carbocycles. The molecule has 0 aliphatic heterocycles. The monoisotopic (exact) mass is 383 g/mol. The van der Waals surface area contributed by atoms with Crippen LogP contribution in [0.25, 0.3) is 0 Å². The van der Waals surface area contributed by atoms with Gasteiger partial charge < -0.3 is 4.90 Å². The smallest absolute Gasteiger partial charge is 0.331 e. The van der Waals surface area contributed by atoms with Gasteiger partial charge in [0.1, 0.15) is 0 Å². The van der Waals surface area contributed by atoms with E-state index >= 15 is 0 Å². The van der Waals surface area contributed by atoms with Gasteiger partial charge in [0.05, 0.1) is 0 Å². The first-order valence-electron chi connectivity index (χ1n) is 5.56. The highest BCUT2D eigenvalue weighted by Crippen LogP contribution is 2.19. The van der Waals surface area contributed by atoms with Gasteiger partial charge in [-0.15, -0.1) is 6.58 Å². The van der Waals surface area contributed by atoms with Crippen LogP contribution in [-0.4, -0.2) is 30.1 Å². The molecule has 1 rings (SSSR count). The van der Waals surface area contributed by atoms with Crippen molar-refractivity contribution in [2.45, 2.75) is 12.6 Å². The van der Waals surface area contributed by atoms with Crippen LogP contribution in [0, 0.1) is 3.57 Å². The number of nitrogens with zero attached hydrogens (tertiary/aromatic N) is 1. The Labute approximate surface area is 123 Å². The molecule has 0 aromatic heterocycles. The molecule has 0 saturated heterocycles. The van der Waals surface area contributed by atoms with Crippen LogP contribution in [0.15, 0.2) is 36.9 Å². The van der Waals surface area contributed by atoms with Crippen molar-refractivity contribution in [1.29, 1.82) is 0 Å². The first kappa shape index (κ1) is 16.0. The number of halogens is 4. The summed E-state index contributed by atoms with van der Waals surface area (Å²) in [7, 11) is 0. The zero-order valence-electron chi connectivity index (χ0n) is 10.1. The van der Waals surface area contributed by atoms with E-state index in [-0.39, 0.29) is 13.1 Å². The fraction of sp³-hybridized carbons (Fsp3) is 0.308. The quantitative estimate of drug-likeness (QED) is 0.564. The Kier molecular flexibility index (Phi) is 5.84. The van der Waals surface area contributed by atoms with Gasteiger partial charge in [-0.25, -0.2) is 0 Å². The lowest BCUT2D eigenvalue weighted by atomic mass is 10.1. The van der Waals surface area contributed by atoms with Crippen molar-refractivity contribution in [2.24, 2.45) is 0 Å². The molecule has 2 nitrogen and oxygen atoms in total. The molecule has 6 heteroatoms. The molecule has 0 spiro atoms. The number of hydrogen-bond acceptors (Lipinski definition) is 1. The molecule has 0 aliphatic rings. The second-order valence-electron chi connectivity index (χ2n) is 3.88. The van der Waals surface area contributed by atoms with Crippen molar-refractivity contribution >= 4 is 28.5 Å². The summed E-state index contributed by atoms with van der Waals surface area (Å²) < 4.78 is 38.2. The maximum Gasteiger partial charge on any atom is 0.471 e. The lowest BCUT2D eigenvalue weighted by Crippen LogP contribution is -2.42. The Morgan fingerprint density at radius 3 is 2.53 bits per heavy atom. The Hall–Kier alpha value is -1.05. The van der Waals surface area contributed by atoms with Crippen LogP contribution in [0.5, 0.6) is 0 Å². The third-order valence-electron chi connectivity index (χ3n) is 2.49. The fourth-order valence-electron chi connectivity index (χ4n) is 1.57. The molecule has 0 bridgehead atoms. The summed E-state index contributed by atoms with van der Waals surface area (Å²) in [5, 5.41) is 0. The zero-order valence-corrected chi connectivity index (χ0v) is 12.2. The van der Waals surface area contributed by atoms with Crippen LogP contribution < -0.4 is 0 Å². The van der Waals surface area contributed by atoms with Crippen LogP contribution >= 0.6 is 22.6 Å². The maximum atomic E-state index is 12.4. The van der Waals surface area contributed by atoms with Crippen LogP contribution in [-0.2, 0) is 11.2 Å². The molecular weight excluding hydrogens is 370 g/mol. The van der Waals surface area contributed by atoms with Gasteiger partial charge in [-0.05, 0) is 40.6 Å². The Morgan fingerprint density at radius 1 is 1.37 bits per heavy atom. The van der Waals surface area contributed by atoms with Gasteiger partial charge in [0.25, 0.3) is 0 Å². The second kappa shape index (κ2) is 6.93. The van der Waals surface area contributed by atoms with Crippen LogP contribution in [0.1, 0.15) is 5.56 Å². The van der Waals surface area contributed by atoms with Gasteiger partial charge in [-0.3, -0.25) is 4.79 Å². The molecule has 1 aromatic carbocycles. The van der Waals surface area contributed by atoms with Gasteiger partial charge in [-0.2, -0.15) is 13.2 Å². The highest BCUT2D eigenvalue weighted by Gasteiger charge is 2.41. The third-order valence-corrected chi connectivity index (χ3v) is 3.54. The van der Waals surface area contributed by atoms with Gasteiger partial charge in [0, 0.05) is 16.7 Å². The normalized spacial score (nSPS) is 11.2. The molecular formula is C13H13F3INO. The summed E-state index contributed by atoms with van der Waals surface area (Å²) in [6.45, 7) is 3.28. The number of amides is 1. The number of alkyl halides is 3. The lowest BCUT2D eigenvalue weighted by Gasteiger charge is -2.22. The van der Waals surface area contributed by atoms with E-state index in [4.69, 9.17) is 0 Å². The van der Waals surface area contributed by atoms with Crippen molar-refractivity contribution in [3.05, 3.63) is 46.1 Å². The molecule has 0 saturated carbocycles. The molecule has 0 atom stereocenters. The minimum absolute atomic E-state index is 0.0182. The first-order valence-corrected chi connectivity index (χ1v) is 6.64. The van der Waals surface area contributed by atoms with Crippen molar-refractivity contribution < 1.29 is 18.0 Å². The molecule has 104 valence electrons. The number of hydrogen-bond donors (Lipinski definition) is 0. The van der Waals surface area contributed by atoms with Crippen molar-refractivity contribution in [1.82, 2.24) is 4.90 Å². The van der Waals surface area contributed by atoms with Crippen LogP contribution in [0.3, 0.4) is 0 Å². The van der Waals surface area contributed by atoms with E-state index in [1.807, 2.05) is 24.3 Å². The lowest BCUT2D eigenvalue weighted by molar-refractivity contribution is -0.184. The molecule has 19 heavy (non-hydrogen) atoms. The van der Waals surface area contributed by atoms with Crippen LogP contribution in [0.2, 0.25) is 0 Å². The van der Waals surface area contributed by atoms with Crippen LogP contribution in [0.4, 0.5) is 13.2 Å². The maximum absolute atomic E-state index is 12.4. The predicted molar refractivity (Wildman–Crippen MR) is 75.7 cm³/mol.